The Balaban J connectivity index is 4.43. The van der Waals surface area contributed by atoms with Crippen molar-refractivity contribution in [2.45, 2.75) is 71.5 Å². The maximum atomic E-state index is 6.13. The first kappa shape index (κ1) is 17.1. The summed E-state index contributed by atoms with van der Waals surface area (Å²) in [7, 11) is -1.98. The highest BCUT2D eigenvalue weighted by molar-refractivity contribution is 6.67. The van der Waals surface area contributed by atoms with E-state index >= 15 is 0 Å². The summed E-state index contributed by atoms with van der Waals surface area (Å²) in [4.78, 5) is 0. The van der Waals surface area contributed by atoms with Gasteiger partial charge in [-0.25, -0.2) is 0 Å². The van der Waals surface area contributed by atoms with E-state index in [0.29, 0.717) is 0 Å². The third kappa shape index (κ3) is 7.92. The first-order valence-corrected chi connectivity index (χ1v) is 9.36. The molecule has 0 aromatic rings. The normalized spacial score (nSPS) is 13.9. The van der Waals surface area contributed by atoms with Gasteiger partial charge in [0.25, 0.3) is 0 Å². The Kier molecular flexibility index (Phi) is 10.1. The molecule has 17 heavy (non-hydrogen) atoms. The van der Waals surface area contributed by atoms with E-state index in [1.807, 2.05) is 0 Å². The molecule has 0 rings (SSSR count). The van der Waals surface area contributed by atoms with Gasteiger partial charge in [-0.3, -0.25) is 0 Å². The summed E-state index contributed by atoms with van der Waals surface area (Å²) in [5, 5.41) is 0. The lowest BCUT2D eigenvalue weighted by molar-refractivity contribution is 0.165. The van der Waals surface area contributed by atoms with Crippen LogP contribution in [-0.2, 0) is 8.85 Å². The van der Waals surface area contributed by atoms with E-state index in [1.165, 1.54) is 0 Å². The van der Waals surface area contributed by atoms with Gasteiger partial charge in [0.1, 0.15) is 0 Å². The molecule has 0 saturated carbocycles. The van der Waals surface area contributed by atoms with Crippen LogP contribution < -0.4 is 5.73 Å². The van der Waals surface area contributed by atoms with Crippen LogP contribution in [0.2, 0.25) is 12.1 Å². The highest BCUT2D eigenvalue weighted by Gasteiger charge is 2.36. The fourth-order valence-electron chi connectivity index (χ4n) is 1.86. The molecule has 104 valence electrons. The van der Waals surface area contributed by atoms with E-state index in [0.717, 1.165) is 51.0 Å². The molecule has 0 fully saturated rings. The minimum Gasteiger partial charge on any atom is -0.394 e. The van der Waals surface area contributed by atoms with Crippen LogP contribution in [0.5, 0.6) is 0 Å². The minimum absolute atomic E-state index is 0.245. The van der Waals surface area contributed by atoms with E-state index < -0.39 is 8.56 Å². The number of rotatable bonds is 11. The van der Waals surface area contributed by atoms with Gasteiger partial charge in [0.2, 0.25) is 0 Å². The molecule has 0 amide bonds. The zero-order valence-corrected chi connectivity index (χ0v) is 13.1. The summed E-state index contributed by atoms with van der Waals surface area (Å²) in [6, 6.07) is 2.38. The Morgan fingerprint density at radius 3 is 1.82 bits per heavy atom. The third-order valence-corrected chi connectivity index (χ3v) is 6.52. The summed E-state index contributed by atoms with van der Waals surface area (Å²) in [6.45, 7) is 10.2. The minimum atomic E-state index is -1.98. The van der Waals surface area contributed by atoms with Crippen LogP contribution in [0.1, 0.15) is 53.4 Å². The van der Waals surface area contributed by atoms with Gasteiger partial charge in [-0.1, -0.05) is 27.2 Å². The van der Waals surface area contributed by atoms with E-state index in [-0.39, 0.29) is 6.04 Å². The van der Waals surface area contributed by atoms with Gasteiger partial charge in [-0.2, -0.15) is 0 Å². The molecule has 1 unspecified atom stereocenters. The van der Waals surface area contributed by atoms with Crippen LogP contribution in [-0.4, -0.2) is 27.8 Å². The SMILES string of the molecule is CCCO[Si](CCC)(CCC(C)N)OCCC. The Hall–Kier alpha value is 0.0969. The molecule has 4 heteroatoms. The summed E-state index contributed by atoms with van der Waals surface area (Å²) >= 11 is 0. The highest BCUT2D eigenvalue weighted by atomic mass is 28.4. The largest absolute Gasteiger partial charge is 0.394 e. The molecular weight excluding hydrogens is 230 g/mol. The average molecular weight is 261 g/mol. The van der Waals surface area contributed by atoms with Crippen molar-refractivity contribution in [1.82, 2.24) is 0 Å². The second kappa shape index (κ2) is 10.1. The molecule has 0 aliphatic carbocycles. The quantitative estimate of drug-likeness (QED) is 0.580. The molecule has 0 saturated heterocycles. The van der Waals surface area contributed by atoms with Crippen molar-refractivity contribution < 1.29 is 8.85 Å². The van der Waals surface area contributed by atoms with E-state index in [1.54, 1.807) is 0 Å². The molecule has 0 aliphatic heterocycles. The number of hydrogen-bond acceptors (Lipinski definition) is 3. The smallest absolute Gasteiger partial charge is 0.338 e. The first-order valence-electron chi connectivity index (χ1n) is 7.13. The molecular formula is C13H31NO2Si. The predicted octanol–water partition coefficient (Wildman–Crippen LogP) is 3.43. The van der Waals surface area contributed by atoms with Gasteiger partial charge < -0.3 is 14.6 Å². The van der Waals surface area contributed by atoms with Gasteiger partial charge in [0, 0.05) is 19.3 Å². The molecule has 0 bridgehead atoms. The monoisotopic (exact) mass is 261 g/mol. The second-order valence-corrected chi connectivity index (χ2v) is 8.27. The van der Waals surface area contributed by atoms with Crippen molar-refractivity contribution in [3.05, 3.63) is 0 Å². The van der Waals surface area contributed by atoms with Gasteiger partial charge >= 0.3 is 8.56 Å². The summed E-state index contributed by atoms with van der Waals surface area (Å²) in [6.07, 6.45) is 4.27. The van der Waals surface area contributed by atoms with Crippen LogP contribution in [0.3, 0.4) is 0 Å². The second-order valence-electron chi connectivity index (χ2n) is 4.87. The number of nitrogens with two attached hydrogens (primary N) is 1. The van der Waals surface area contributed by atoms with E-state index in [4.69, 9.17) is 14.6 Å². The zero-order valence-electron chi connectivity index (χ0n) is 12.1. The molecule has 0 heterocycles. The Morgan fingerprint density at radius 1 is 0.941 bits per heavy atom. The first-order chi connectivity index (χ1) is 8.10. The average Bonchev–Trinajstić information content (AvgIpc) is 2.31. The van der Waals surface area contributed by atoms with Crippen LogP contribution in [0.4, 0.5) is 0 Å². The zero-order chi connectivity index (χ0) is 13.1. The van der Waals surface area contributed by atoms with Gasteiger partial charge in [0.05, 0.1) is 0 Å². The van der Waals surface area contributed by atoms with E-state index in [2.05, 4.69) is 27.7 Å². The standard InChI is InChI=1S/C13H31NO2Si/c1-5-9-15-17(11-7-3,16-10-6-2)12-8-13(4)14/h13H,5-12,14H2,1-4H3. The Bertz CT molecular complexity index is 169. The lowest BCUT2D eigenvalue weighted by Gasteiger charge is -2.31. The summed E-state index contributed by atoms with van der Waals surface area (Å²) in [5.41, 5.74) is 5.86. The molecule has 0 radical (unpaired) electrons. The maximum Gasteiger partial charge on any atom is 0.338 e. The maximum absolute atomic E-state index is 6.13. The lowest BCUT2D eigenvalue weighted by atomic mass is 10.3. The topological polar surface area (TPSA) is 44.5 Å². The van der Waals surface area contributed by atoms with Crippen molar-refractivity contribution in [1.29, 1.82) is 0 Å². The Morgan fingerprint density at radius 2 is 1.47 bits per heavy atom. The lowest BCUT2D eigenvalue weighted by Crippen LogP contribution is -2.43. The van der Waals surface area contributed by atoms with Gasteiger partial charge in [-0.05, 0) is 38.3 Å². The van der Waals surface area contributed by atoms with Crippen LogP contribution in [0, 0.1) is 0 Å². The fourth-order valence-corrected chi connectivity index (χ4v) is 5.58. The molecule has 0 aliphatic rings. The molecule has 0 aromatic heterocycles. The Labute approximate surface area is 108 Å². The van der Waals surface area contributed by atoms with Crippen molar-refractivity contribution >= 4 is 8.56 Å². The van der Waals surface area contributed by atoms with Gasteiger partial charge in [0.15, 0.2) is 0 Å². The van der Waals surface area contributed by atoms with Crippen molar-refractivity contribution in [2.75, 3.05) is 13.2 Å². The summed E-state index contributed by atoms with van der Waals surface area (Å²) in [5.74, 6) is 0. The molecule has 0 aromatic carbocycles. The highest BCUT2D eigenvalue weighted by Crippen LogP contribution is 2.24. The number of hydrogen-bond donors (Lipinski definition) is 1. The third-order valence-electron chi connectivity index (χ3n) is 2.75. The van der Waals surface area contributed by atoms with Crippen LogP contribution in [0.25, 0.3) is 0 Å². The van der Waals surface area contributed by atoms with Gasteiger partial charge in [-0.15, -0.1) is 0 Å². The van der Waals surface area contributed by atoms with Crippen molar-refractivity contribution in [2.24, 2.45) is 5.73 Å². The fraction of sp³-hybridized carbons (Fsp3) is 1.00. The van der Waals surface area contributed by atoms with Crippen LogP contribution in [0.15, 0.2) is 0 Å². The molecule has 3 nitrogen and oxygen atoms in total. The molecule has 2 N–H and O–H groups in total. The molecule has 0 spiro atoms. The summed E-state index contributed by atoms with van der Waals surface area (Å²) < 4.78 is 12.3. The van der Waals surface area contributed by atoms with Crippen LogP contribution >= 0.6 is 0 Å². The van der Waals surface area contributed by atoms with E-state index in [9.17, 15) is 0 Å². The van der Waals surface area contributed by atoms with Crippen molar-refractivity contribution in [3.8, 4) is 0 Å². The predicted molar refractivity (Wildman–Crippen MR) is 76.4 cm³/mol. The molecule has 1 atom stereocenters. The van der Waals surface area contributed by atoms with Crippen molar-refractivity contribution in [3.63, 3.8) is 0 Å².